The van der Waals surface area contributed by atoms with E-state index in [2.05, 4.69) is 25.7 Å². The summed E-state index contributed by atoms with van der Waals surface area (Å²) < 4.78 is 7.13. The Bertz CT molecular complexity index is 744. The predicted molar refractivity (Wildman–Crippen MR) is 99.1 cm³/mol. The lowest BCUT2D eigenvalue weighted by Gasteiger charge is -2.39. The lowest BCUT2D eigenvalue weighted by atomic mass is 9.94. The molecule has 0 unspecified atom stereocenters. The molecule has 3 heterocycles. The molecule has 2 aliphatic rings. The molecular weight excluding hydrogens is 344 g/mol. The van der Waals surface area contributed by atoms with Gasteiger partial charge in [-0.05, 0) is 54.8 Å². The maximum Gasteiger partial charge on any atom is 0.224 e. The largest absolute Gasteiger partial charge is 0.381 e. The van der Waals surface area contributed by atoms with Crippen molar-refractivity contribution in [2.45, 2.75) is 38.3 Å². The van der Waals surface area contributed by atoms with Gasteiger partial charge in [0.25, 0.3) is 0 Å². The predicted octanol–water partition coefficient (Wildman–Crippen LogP) is 1.17. The molecule has 0 radical (unpaired) electrons. The standard InChI is InChI=1S/C19H26N6O2/c26-19(15-5-4-10-24(14-15)16-8-11-27-12-9-16)20-13-18-21-22-23-25(18)17-6-2-1-3-7-17/h1-3,6-7,15-16H,4-5,8-14H2,(H,20,26)/t15-/m1/s1. The number of likely N-dealkylation sites (tertiary alicyclic amines) is 1. The fraction of sp³-hybridized carbons (Fsp3) is 0.579. The third kappa shape index (κ3) is 4.33. The Morgan fingerprint density at radius 1 is 1.19 bits per heavy atom. The van der Waals surface area contributed by atoms with Crippen LogP contribution in [0.2, 0.25) is 0 Å². The topological polar surface area (TPSA) is 85.2 Å². The van der Waals surface area contributed by atoms with Crippen LogP contribution in [0.15, 0.2) is 30.3 Å². The number of ether oxygens (including phenoxy) is 1. The molecule has 0 aliphatic carbocycles. The number of aromatic nitrogens is 4. The van der Waals surface area contributed by atoms with Crippen LogP contribution in [0, 0.1) is 5.92 Å². The molecule has 27 heavy (non-hydrogen) atoms. The van der Waals surface area contributed by atoms with E-state index in [0.717, 1.165) is 57.7 Å². The van der Waals surface area contributed by atoms with Gasteiger partial charge in [-0.15, -0.1) is 5.10 Å². The lowest BCUT2D eigenvalue weighted by Crippen LogP contribution is -2.48. The quantitative estimate of drug-likeness (QED) is 0.850. The number of tetrazole rings is 1. The van der Waals surface area contributed by atoms with Crippen LogP contribution in [-0.4, -0.2) is 63.4 Å². The summed E-state index contributed by atoms with van der Waals surface area (Å²) in [7, 11) is 0. The van der Waals surface area contributed by atoms with Gasteiger partial charge in [-0.3, -0.25) is 9.69 Å². The molecule has 1 aromatic heterocycles. The van der Waals surface area contributed by atoms with Gasteiger partial charge in [0.1, 0.15) is 0 Å². The molecule has 0 saturated carbocycles. The summed E-state index contributed by atoms with van der Waals surface area (Å²) in [6, 6.07) is 10.3. The van der Waals surface area contributed by atoms with Crippen molar-refractivity contribution in [3.63, 3.8) is 0 Å². The third-order valence-corrected chi connectivity index (χ3v) is 5.49. The SMILES string of the molecule is O=C(NCc1nnnn1-c1ccccc1)[C@@H]1CCCN(C2CCOCC2)C1. The zero-order chi connectivity index (χ0) is 18.5. The maximum absolute atomic E-state index is 12.7. The van der Waals surface area contributed by atoms with Crippen molar-refractivity contribution in [2.24, 2.45) is 5.92 Å². The zero-order valence-electron chi connectivity index (χ0n) is 15.5. The monoisotopic (exact) mass is 370 g/mol. The molecule has 1 aromatic carbocycles. The van der Waals surface area contributed by atoms with Crippen LogP contribution in [-0.2, 0) is 16.1 Å². The van der Waals surface area contributed by atoms with Gasteiger partial charge in [-0.2, -0.15) is 4.68 Å². The van der Waals surface area contributed by atoms with Crippen molar-refractivity contribution < 1.29 is 9.53 Å². The van der Waals surface area contributed by atoms with E-state index in [0.29, 0.717) is 18.4 Å². The molecule has 8 nitrogen and oxygen atoms in total. The minimum Gasteiger partial charge on any atom is -0.381 e. The lowest BCUT2D eigenvalue weighted by molar-refractivity contribution is -0.127. The van der Waals surface area contributed by atoms with Crippen molar-refractivity contribution in [3.8, 4) is 5.69 Å². The van der Waals surface area contributed by atoms with Crippen LogP contribution in [0.4, 0.5) is 0 Å². The number of hydrogen-bond donors (Lipinski definition) is 1. The van der Waals surface area contributed by atoms with E-state index in [1.165, 1.54) is 0 Å². The van der Waals surface area contributed by atoms with Gasteiger partial charge in [0.05, 0.1) is 18.2 Å². The molecule has 144 valence electrons. The summed E-state index contributed by atoms with van der Waals surface area (Å²) in [6.07, 6.45) is 4.15. The molecule has 0 bridgehead atoms. The molecule has 4 rings (SSSR count). The number of nitrogens with one attached hydrogen (secondary N) is 1. The highest BCUT2D eigenvalue weighted by molar-refractivity contribution is 5.78. The Morgan fingerprint density at radius 3 is 2.81 bits per heavy atom. The number of piperidine rings is 1. The first-order valence-electron chi connectivity index (χ1n) is 9.73. The first kappa shape index (κ1) is 18.1. The van der Waals surface area contributed by atoms with Crippen LogP contribution < -0.4 is 5.32 Å². The molecule has 0 spiro atoms. The maximum atomic E-state index is 12.7. The number of para-hydroxylation sites is 1. The van der Waals surface area contributed by atoms with Gasteiger partial charge in [-0.1, -0.05) is 18.2 Å². The smallest absolute Gasteiger partial charge is 0.224 e. The van der Waals surface area contributed by atoms with Crippen molar-refractivity contribution in [1.29, 1.82) is 0 Å². The fourth-order valence-corrected chi connectivity index (χ4v) is 4.00. The van der Waals surface area contributed by atoms with Crippen LogP contribution in [0.1, 0.15) is 31.5 Å². The molecule has 1 N–H and O–H groups in total. The van der Waals surface area contributed by atoms with Gasteiger partial charge >= 0.3 is 0 Å². The van der Waals surface area contributed by atoms with E-state index in [4.69, 9.17) is 4.74 Å². The second-order valence-electron chi connectivity index (χ2n) is 7.24. The Balaban J connectivity index is 1.34. The van der Waals surface area contributed by atoms with Crippen LogP contribution in [0.3, 0.4) is 0 Å². The van der Waals surface area contributed by atoms with Crippen molar-refractivity contribution in [1.82, 2.24) is 30.4 Å². The summed E-state index contributed by atoms with van der Waals surface area (Å²) in [5.74, 6) is 0.753. The second-order valence-corrected chi connectivity index (χ2v) is 7.24. The fourth-order valence-electron chi connectivity index (χ4n) is 4.00. The molecule has 2 aliphatic heterocycles. The average molecular weight is 370 g/mol. The molecule has 2 fully saturated rings. The van der Waals surface area contributed by atoms with Crippen molar-refractivity contribution >= 4 is 5.91 Å². The normalized spacial score (nSPS) is 21.9. The van der Waals surface area contributed by atoms with Gasteiger partial charge in [0.15, 0.2) is 5.82 Å². The summed E-state index contributed by atoms with van der Waals surface area (Å²) >= 11 is 0. The Morgan fingerprint density at radius 2 is 2.00 bits per heavy atom. The second kappa shape index (κ2) is 8.58. The van der Waals surface area contributed by atoms with E-state index in [1.807, 2.05) is 30.3 Å². The molecule has 1 atom stereocenters. The Labute approximate surface area is 158 Å². The summed E-state index contributed by atoms with van der Waals surface area (Å²) in [6.45, 7) is 3.91. The molecular formula is C19H26N6O2. The van der Waals surface area contributed by atoms with Gasteiger partial charge in [0.2, 0.25) is 5.91 Å². The first-order chi connectivity index (χ1) is 13.3. The summed E-state index contributed by atoms with van der Waals surface area (Å²) in [5, 5.41) is 14.9. The highest BCUT2D eigenvalue weighted by Gasteiger charge is 2.30. The number of carbonyl (C=O) groups is 1. The zero-order valence-corrected chi connectivity index (χ0v) is 15.5. The van der Waals surface area contributed by atoms with Crippen LogP contribution >= 0.6 is 0 Å². The summed E-state index contributed by atoms with van der Waals surface area (Å²) in [4.78, 5) is 15.2. The number of benzene rings is 1. The van der Waals surface area contributed by atoms with E-state index in [-0.39, 0.29) is 11.8 Å². The van der Waals surface area contributed by atoms with Gasteiger partial charge in [0, 0.05) is 25.8 Å². The third-order valence-electron chi connectivity index (χ3n) is 5.49. The number of amides is 1. The van der Waals surface area contributed by atoms with Gasteiger partial charge < -0.3 is 10.1 Å². The molecule has 2 saturated heterocycles. The molecule has 8 heteroatoms. The van der Waals surface area contributed by atoms with Crippen molar-refractivity contribution in [3.05, 3.63) is 36.2 Å². The first-order valence-corrected chi connectivity index (χ1v) is 9.73. The minimum atomic E-state index is 0.0302. The van der Waals surface area contributed by atoms with E-state index < -0.39 is 0 Å². The molecule has 1 amide bonds. The van der Waals surface area contributed by atoms with E-state index >= 15 is 0 Å². The van der Waals surface area contributed by atoms with Crippen molar-refractivity contribution in [2.75, 3.05) is 26.3 Å². The van der Waals surface area contributed by atoms with E-state index in [1.54, 1.807) is 4.68 Å². The number of nitrogens with zero attached hydrogens (tertiary/aromatic N) is 5. The highest BCUT2D eigenvalue weighted by atomic mass is 16.5. The number of hydrogen-bond acceptors (Lipinski definition) is 6. The Hall–Kier alpha value is -2.32. The van der Waals surface area contributed by atoms with Crippen LogP contribution in [0.5, 0.6) is 0 Å². The van der Waals surface area contributed by atoms with Crippen LogP contribution in [0.25, 0.3) is 5.69 Å². The highest BCUT2D eigenvalue weighted by Crippen LogP contribution is 2.23. The number of carbonyl (C=O) groups excluding carboxylic acids is 1. The minimum absolute atomic E-state index is 0.0302. The number of rotatable bonds is 5. The Kier molecular flexibility index (Phi) is 5.74. The van der Waals surface area contributed by atoms with Gasteiger partial charge in [-0.25, -0.2) is 0 Å². The average Bonchev–Trinajstić information content (AvgIpc) is 3.22. The molecule has 2 aromatic rings. The summed E-state index contributed by atoms with van der Waals surface area (Å²) in [5.41, 5.74) is 0.884. The van der Waals surface area contributed by atoms with E-state index in [9.17, 15) is 4.79 Å².